The Hall–Kier alpha value is -4.58. The van der Waals surface area contributed by atoms with Crippen LogP contribution in [-0.4, -0.2) is 74.7 Å². The Labute approximate surface area is 274 Å². The van der Waals surface area contributed by atoms with Crippen molar-refractivity contribution in [1.82, 2.24) is 30.1 Å². The molecule has 1 aliphatic rings. The van der Waals surface area contributed by atoms with Crippen molar-refractivity contribution >= 4 is 39.8 Å². The largest absolute Gasteiger partial charge is 0.458 e. The molecular weight excluding hydrogens is 598 g/mol. The monoisotopic (exact) mass is 645 g/mol. The normalized spacial score (nSPS) is 16.1. The Bertz CT molecular complexity index is 1760. The molecule has 47 heavy (non-hydrogen) atoms. The average Bonchev–Trinajstić information content (AvgIpc) is 3.62. The number of benzene rings is 2. The maximum Gasteiger partial charge on any atom is 0.329 e. The predicted molar refractivity (Wildman–Crippen MR) is 182 cm³/mol. The summed E-state index contributed by atoms with van der Waals surface area (Å²) < 4.78 is 7.42. The Morgan fingerprint density at radius 3 is 2.38 bits per heavy atom. The zero-order chi connectivity index (χ0) is 33.7. The summed E-state index contributed by atoms with van der Waals surface area (Å²) in [6, 6.07) is 13.1. The second-order valence-electron chi connectivity index (χ2n) is 13.4. The van der Waals surface area contributed by atoms with Gasteiger partial charge in [0.15, 0.2) is 0 Å². The first kappa shape index (κ1) is 33.8. The summed E-state index contributed by atoms with van der Waals surface area (Å²) in [5.74, 6) is -1.44. The number of ether oxygens (including phenoxy) is 1. The molecule has 12 nitrogen and oxygen atoms in total. The van der Waals surface area contributed by atoms with Gasteiger partial charge in [-0.15, -0.1) is 0 Å². The number of hydrogen-bond acceptors (Lipinski definition) is 6. The first-order valence-corrected chi connectivity index (χ1v) is 16.5. The minimum absolute atomic E-state index is 0.0601. The van der Waals surface area contributed by atoms with Gasteiger partial charge in [0.2, 0.25) is 5.91 Å². The van der Waals surface area contributed by atoms with Gasteiger partial charge in [0.05, 0.1) is 11.0 Å². The van der Waals surface area contributed by atoms with Gasteiger partial charge in [0, 0.05) is 42.1 Å². The molecule has 12 heteroatoms. The SMILES string of the molecule is C[C@@H](c1c[nH]c2ccccc12)[C@@H](NC(=O)N1CCC(n2c(=O)[nH]c3ccccc32)CC1)C(=O)NC(CCCCN)C(=O)OC(C)(C)C. The summed E-state index contributed by atoms with van der Waals surface area (Å²) in [7, 11) is 0. The fourth-order valence-electron chi connectivity index (χ4n) is 6.43. The number of fused-ring (bicyclic) bond motifs is 2. The third-order valence-electron chi connectivity index (χ3n) is 8.87. The van der Waals surface area contributed by atoms with Gasteiger partial charge in [-0.25, -0.2) is 14.4 Å². The molecule has 3 atom stereocenters. The van der Waals surface area contributed by atoms with Gasteiger partial charge in [0.1, 0.15) is 17.7 Å². The third-order valence-corrected chi connectivity index (χ3v) is 8.87. The van der Waals surface area contributed by atoms with Gasteiger partial charge >= 0.3 is 17.7 Å². The zero-order valence-corrected chi connectivity index (χ0v) is 27.7. The van der Waals surface area contributed by atoms with Gasteiger partial charge < -0.3 is 36.0 Å². The lowest BCUT2D eigenvalue weighted by atomic mass is 9.91. The third kappa shape index (κ3) is 7.87. The fourth-order valence-corrected chi connectivity index (χ4v) is 6.43. The van der Waals surface area contributed by atoms with Gasteiger partial charge in [-0.3, -0.25) is 9.36 Å². The summed E-state index contributed by atoms with van der Waals surface area (Å²) >= 11 is 0. The molecule has 0 bridgehead atoms. The van der Waals surface area contributed by atoms with Crippen molar-refractivity contribution < 1.29 is 19.1 Å². The molecule has 3 amide bonds. The molecule has 252 valence electrons. The number of carbonyl (C=O) groups is 3. The Kier molecular flexibility index (Phi) is 10.4. The number of piperidine rings is 1. The van der Waals surface area contributed by atoms with E-state index in [1.807, 2.05) is 61.7 Å². The minimum Gasteiger partial charge on any atom is -0.458 e. The summed E-state index contributed by atoms with van der Waals surface area (Å²) in [6.45, 7) is 8.54. The van der Waals surface area contributed by atoms with Crippen molar-refractivity contribution in [2.75, 3.05) is 19.6 Å². The van der Waals surface area contributed by atoms with Crippen LogP contribution in [0.1, 0.15) is 77.3 Å². The number of imidazole rings is 1. The van der Waals surface area contributed by atoms with E-state index in [0.717, 1.165) is 27.5 Å². The second kappa shape index (κ2) is 14.5. The lowest BCUT2D eigenvalue weighted by molar-refractivity contribution is -0.159. The number of hydrogen-bond donors (Lipinski definition) is 5. The molecule has 0 spiro atoms. The van der Waals surface area contributed by atoms with Crippen molar-refractivity contribution in [3.63, 3.8) is 0 Å². The Morgan fingerprint density at radius 2 is 1.68 bits per heavy atom. The number of H-pyrrole nitrogens is 2. The standard InChI is InChI=1S/C35H47N7O5/c1-22(25-21-37-26-12-6-5-11-24(25)26)30(31(43)38-28(14-9-10-18-36)32(44)47-35(2,3)4)40-33(45)41-19-16-23(17-20-41)42-29-15-8-7-13-27(29)39-34(42)46/h5-8,11-13,15,21-23,28,30,37H,9-10,14,16-20,36H2,1-4H3,(H,38,43)(H,39,46)(H,40,45)/t22-,28?,30+/m0/s1. The number of rotatable bonds is 11. The Balaban J connectivity index is 1.35. The molecule has 6 N–H and O–H groups in total. The van der Waals surface area contributed by atoms with E-state index in [1.54, 1.807) is 30.2 Å². The van der Waals surface area contributed by atoms with E-state index in [9.17, 15) is 19.2 Å². The minimum atomic E-state index is -0.991. The van der Waals surface area contributed by atoms with Crippen LogP contribution < -0.4 is 22.1 Å². The molecule has 1 unspecified atom stereocenters. The van der Waals surface area contributed by atoms with E-state index in [1.165, 1.54) is 0 Å². The number of nitrogens with one attached hydrogen (secondary N) is 4. The number of nitrogens with zero attached hydrogens (tertiary/aromatic N) is 2. The molecule has 0 saturated carbocycles. The summed E-state index contributed by atoms with van der Waals surface area (Å²) in [5, 5.41) is 6.86. The van der Waals surface area contributed by atoms with E-state index in [2.05, 4.69) is 20.6 Å². The molecule has 0 radical (unpaired) electrons. The first-order valence-electron chi connectivity index (χ1n) is 16.5. The fraction of sp³-hybridized carbons (Fsp3) is 0.486. The smallest absolute Gasteiger partial charge is 0.329 e. The number of amides is 3. The lowest BCUT2D eigenvalue weighted by Crippen LogP contribution is -2.57. The predicted octanol–water partition coefficient (Wildman–Crippen LogP) is 4.29. The van der Waals surface area contributed by atoms with Crippen LogP contribution in [-0.2, 0) is 14.3 Å². The first-order chi connectivity index (χ1) is 22.5. The summed E-state index contributed by atoms with van der Waals surface area (Å²) in [6.07, 6.45) is 4.73. The van der Waals surface area contributed by atoms with Crippen LogP contribution in [0.3, 0.4) is 0 Å². The number of urea groups is 1. The molecule has 2 aromatic heterocycles. The maximum atomic E-state index is 14.1. The van der Waals surface area contributed by atoms with Crippen LogP contribution in [0.2, 0.25) is 0 Å². The summed E-state index contributed by atoms with van der Waals surface area (Å²) in [4.78, 5) is 61.7. The van der Waals surface area contributed by atoms with E-state index in [0.29, 0.717) is 51.7 Å². The number of unbranched alkanes of at least 4 members (excludes halogenated alkanes) is 1. The lowest BCUT2D eigenvalue weighted by Gasteiger charge is -2.34. The quantitative estimate of drug-likeness (QED) is 0.121. The van der Waals surface area contributed by atoms with Crippen LogP contribution in [0.4, 0.5) is 4.79 Å². The van der Waals surface area contributed by atoms with E-state index in [-0.39, 0.29) is 17.8 Å². The number of aromatic amines is 2. The Morgan fingerprint density at radius 1 is 1.00 bits per heavy atom. The van der Waals surface area contributed by atoms with E-state index >= 15 is 0 Å². The van der Waals surface area contributed by atoms with Gasteiger partial charge in [-0.2, -0.15) is 0 Å². The van der Waals surface area contributed by atoms with Crippen molar-refractivity contribution in [1.29, 1.82) is 0 Å². The molecule has 1 aliphatic heterocycles. The molecule has 1 saturated heterocycles. The molecule has 2 aromatic carbocycles. The van der Waals surface area contributed by atoms with Crippen LogP contribution in [0.5, 0.6) is 0 Å². The number of para-hydroxylation sites is 3. The number of aromatic nitrogens is 3. The average molecular weight is 646 g/mol. The van der Waals surface area contributed by atoms with Crippen molar-refractivity contribution in [3.05, 3.63) is 70.8 Å². The van der Waals surface area contributed by atoms with Crippen LogP contribution in [0.25, 0.3) is 21.9 Å². The molecule has 4 aromatic rings. The van der Waals surface area contributed by atoms with E-state index in [4.69, 9.17) is 10.5 Å². The van der Waals surface area contributed by atoms with Crippen molar-refractivity contribution in [2.45, 2.75) is 89.4 Å². The van der Waals surface area contributed by atoms with E-state index < -0.39 is 35.5 Å². The van der Waals surface area contributed by atoms with Crippen LogP contribution in [0.15, 0.2) is 59.5 Å². The number of nitrogens with two attached hydrogens (primary N) is 1. The topological polar surface area (TPSA) is 167 Å². The van der Waals surface area contributed by atoms with Crippen molar-refractivity contribution in [2.24, 2.45) is 5.73 Å². The highest BCUT2D eigenvalue weighted by molar-refractivity contribution is 5.92. The molecular formula is C35H47N7O5. The number of likely N-dealkylation sites (tertiary alicyclic amines) is 1. The maximum absolute atomic E-state index is 14.1. The van der Waals surface area contributed by atoms with Crippen LogP contribution in [0, 0.1) is 0 Å². The summed E-state index contributed by atoms with van der Waals surface area (Å²) in [5.41, 5.74) is 8.22. The molecule has 0 aliphatic carbocycles. The highest BCUT2D eigenvalue weighted by atomic mass is 16.6. The highest BCUT2D eigenvalue weighted by Gasteiger charge is 2.35. The molecule has 3 heterocycles. The zero-order valence-electron chi connectivity index (χ0n) is 27.7. The van der Waals surface area contributed by atoms with Gasteiger partial charge in [-0.05, 0) is 83.2 Å². The van der Waals surface area contributed by atoms with Crippen molar-refractivity contribution in [3.8, 4) is 0 Å². The molecule has 5 rings (SSSR count). The number of esters is 1. The molecule has 1 fully saturated rings. The van der Waals surface area contributed by atoms with Gasteiger partial charge in [-0.1, -0.05) is 37.3 Å². The second-order valence-corrected chi connectivity index (χ2v) is 13.4. The number of carbonyl (C=O) groups excluding carboxylic acids is 3. The van der Waals surface area contributed by atoms with Gasteiger partial charge in [0.25, 0.3) is 0 Å². The highest BCUT2D eigenvalue weighted by Crippen LogP contribution is 2.29. The van der Waals surface area contributed by atoms with Crippen LogP contribution >= 0.6 is 0 Å².